The number of hydrogen-bond acceptors (Lipinski definition) is 2. The number of hydrogen-bond donors (Lipinski definition) is 0. The van der Waals surface area contributed by atoms with Gasteiger partial charge in [0, 0.05) is 28.0 Å². The van der Waals surface area contributed by atoms with Gasteiger partial charge >= 0.3 is 6.18 Å². The minimum absolute atomic E-state index is 0.108. The summed E-state index contributed by atoms with van der Waals surface area (Å²) in [5.74, 6) is -0.381. The fourth-order valence-corrected chi connectivity index (χ4v) is 2.09. The summed E-state index contributed by atoms with van der Waals surface area (Å²) in [7, 11) is 0. The Hall–Kier alpha value is -1.69. The van der Waals surface area contributed by atoms with Crippen LogP contribution in [-0.4, -0.2) is 10.8 Å². The zero-order valence-electron chi connectivity index (χ0n) is 9.41. The first kappa shape index (κ1) is 13.7. The molecule has 0 fully saturated rings. The Morgan fingerprint density at radius 3 is 2.47 bits per heavy atom. The van der Waals surface area contributed by atoms with Crippen molar-refractivity contribution in [3.8, 4) is 0 Å². The number of ketones is 1. The average molecular weight is 330 g/mol. The second kappa shape index (κ2) is 5.13. The zero-order valence-corrected chi connectivity index (χ0v) is 11.0. The minimum Gasteiger partial charge on any atom is -0.289 e. The van der Waals surface area contributed by atoms with Crippen LogP contribution >= 0.6 is 15.9 Å². The average Bonchev–Trinajstić information content (AvgIpc) is 2.38. The fourth-order valence-electron chi connectivity index (χ4n) is 1.53. The molecule has 0 aliphatic carbocycles. The van der Waals surface area contributed by atoms with Crippen LogP contribution in [0.4, 0.5) is 13.2 Å². The van der Waals surface area contributed by atoms with Crippen LogP contribution in [0.5, 0.6) is 0 Å². The minimum atomic E-state index is -4.43. The smallest absolute Gasteiger partial charge is 0.289 e. The molecule has 0 N–H and O–H groups in total. The van der Waals surface area contributed by atoms with Crippen LogP contribution in [0, 0.1) is 0 Å². The van der Waals surface area contributed by atoms with Crippen molar-refractivity contribution in [2.75, 3.05) is 0 Å². The van der Waals surface area contributed by atoms with Crippen molar-refractivity contribution in [2.45, 2.75) is 6.18 Å². The van der Waals surface area contributed by atoms with E-state index in [1.807, 2.05) is 0 Å². The molecule has 0 atom stereocenters. The van der Waals surface area contributed by atoms with Crippen LogP contribution in [0.2, 0.25) is 0 Å². The highest BCUT2D eigenvalue weighted by molar-refractivity contribution is 9.10. The van der Waals surface area contributed by atoms with Crippen LogP contribution in [0.25, 0.3) is 0 Å². The quantitative estimate of drug-likeness (QED) is 0.776. The Kier molecular flexibility index (Phi) is 3.71. The molecule has 0 radical (unpaired) electrons. The van der Waals surface area contributed by atoms with E-state index < -0.39 is 11.7 Å². The number of carbonyl (C=O) groups is 1. The molecule has 98 valence electrons. The molecule has 19 heavy (non-hydrogen) atoms. The van der Waals surface area contributed by atoms with Gasteiger partial charge in [-0.3, -0.25) is 9.78 Å². The number of benzene rings is 1. The molecule has 6 heteroatoms. The molecule has 0 bridgehead atoms. The van der Waals surface area contributed by atoms with E-state index in [2.05, 4.69) is 20.9 Å². The van der Waals surface area contributed by atoms with Crippen molar-refractivity contribution in [3.05, 3.63) is 63.9 Å². The number of aromatic nitrogens is 1. The predicted molar refractivity (Wildman–Crippen MR) is 66.8 cm³/mol. The lowest BCUT2D eigenvalue weighted by molar-refractivity contribution is -0.137. The summed E-state index contributed by atoms with van der Waals surface area (Å²) in [6.45, 7) is 0. The van der Waals surface area contributed by atoms with Gasteiger partial charge in [0.1, 0.15) is 0 Å². The summed E-state index contributed by atoms with van der Waals surface area (Å²) in [6.07, 6.45) is -1.55. The first-order valence-corrected chi connectivity index (χ1v) is 6.00. The van der Waals surface area contributed by atoms with Gasteiger partial charge in [0.05, 0.1) is 5.56 Å². The van der Waals surface area contributed by atoms with E-state index in [1.165, 1.54) is 12.4 Å². The van der Waals surface area contributed by atoms with Gasteiger partial charge in [0.25, 0.3) is 0 Å². The summed E-state index contributed by atoms with van der Waals surface area (Å²) in [5, 5.41) is 0. The number of pyridine rings is 1. The van der Waals surface area contributed by atoms with Crippen LogP contribution in [0.1, 0.15) is 21.5 Å². The normalized spacial score (nSPS) is 11.4. The van der Waals surface area contributed by atoms with Gasteiger partial charge in [-0.15, -0.1) is 0 Å². The van der Waals surface area contributed by atoms with Crippen LogP contribution in [0.15, 0.2) is 47.2 Å². The van der Waals surface area contributed by atoms with E-state index in [-0.39, 0.29) is 15.8 Å². The van der Waals surface area contributed by atoms with Crippen molar-refractivity contribution in [2.24, 2.45) is 0 Å². The van der Waals surface area contributed by atoms with Crippen molar-refractivity contribution in [1.82, 2.24) is 4.98 Å². The third kappa shape index (κ3) is 3.01. The number of carbonyl (C=O) groups excluding carboxylic acids is 1. The summed E-state index contributed by atoms with van der Waals surface area (Å²) < 4.78 is 37.6. The fraction of sp³-hybridized carbons (Fsp3) is 0.0769. The summed E-state index contributed by atoms with van der Waals surface area (Å²) in [5.41, 5.74) is -0.314. The van der Waals surface area contributed by atoms with Crippen LogP contribution in [-0.2, 0) is 6.18 Å². The third-order valence-electron chi connectivity index (χ3n) is 2.46. The monoisotopic (exact) mass is 329 g/mol. The molecule has 1 aromatic heterocycles. The molecule has 1 heterocycles. The number of alkyl halides is 3. The Balaban J connectivity index is 2.40. The Labute approximate surface area is 115 Å². The van der Waals surface area contributed by atoms with Gasteiger partial charge in [0.15, 0.2) is 5.78 Å². The highest BCUT2D eigenvalue weighted by Crippen LogP contribution is 2.32. The molecule has 0 saturated heterocycles. The largest absolute Gasteiger partial charge is 0.416 e. The topological polar surface area (TPSA) is 30.0 Å². The molecule has 0 saturated carbocycles. The van der Waals surface area contributed by atoms with Gasteiger partial charge in [-0.05, 0) is 30.3 Å². The number of halogens is 4. The van der Waals surface area contributed by atoms with E-state index in [0.717, 1.165) is 18.2 Å². The molecule has 0 aliphatic heterocycles. The van der Waals surface area contributed by atoms with E-state index in [1.54, 1.807) is 12.1 Å². The third-order valence-corrected chi connectivity index (χ3v) is 3.12. The highest BCUT2D eigenvalue weighted by Gasteiger charge is 2.31. The Bertz CT molecular complexity index is 611. The number of rotatable bonds is 2. The molecule has 2 rings (SSSR count). The van der Waals surface area contributed by atoms with E-state index >= 15 is 0 Å². The Morgan fingerprint density at radius 1 is 1.21 bits per heavy atom. The van der Waals surface area contributed by atoms with Gasteiger partial charge in [-0.25, -0.2) is 0 Å². The lowest BCUT2D eigenvalue weighted by Gasteiger charge is -2.09. The molecular weight excluding hydrogens is 323 g/mol. The predicted octanol–water partition coefficient (Wildman–Crippen LogP) is 4.09. The molecule has 2 aromatic rings. The van der Waals surface area contributed by atoms with Crippen molar-refractivity contribution < 1.29 is 18.0 Å². The van der Waals surface area contributed by atoms with E-state index in [9.17, 15) is 18.0 Å². The lowest BCUT2D eigenvalue weighted by Crippen LogP contribution is -2.08. The molecule has 0 amide bonds. The Morgan fingerprint density at radius 2 is 1.95 bits per heavy atom. The van der Waals surface area contributed by atoms with Gasteiger partial charge in [-0.1, -0.05) is 15.9 Å². The lowest BCUT2D eigenvalue weighted by atomic mass is 10.0. The van der Waals surface area contributed by atoms with Crippen molar-refractivity contribution in [1.29, 1.82) is 0 Å². The summed E-state index contributed by atoms with van der Waals surface area (Å²) in [6, 6.07) is 6.07. The molecule has 0 aliphatic rings. The molecule has 1 aromatic carbocycles. The van der Waals surface area contributed by atoms with E-state index in [4.69, 9.17) is 0 Å². The van der Waals surface area contributed by atoms with Gasteiger partial charge in [0.2, 0.25) is 0 Å². The molecule has 0 unspecified atom stereocenters. The summed E-state index contributed by atoms with van der Waals surface area (Å²) >= 11 is 3.00. The zero-order chi connectivity index (χ0) is 14.0. The highest BCUT2D eigenvalue weighted by atomic mass is 79.9. The number of nitrogens with zero attached hydrogens (tertiary/aromatic N) is 1. The maximum atomic E-state index is 12.5. The first-order chi connectivity index (χ1) is 8.89. The maximum Gasteiger partial charge on any atom is 0.416 e. The molecular formula is C13H7BrF3NO. The second-order valence-corrected chi connectivity index (χ2v) is 4.62. The van der Waals surface area contributed by atoms with E-state index in [0.29, 0.717) is 5.56 Å². The van der Waals surface area contributed by atoms with Crippen LogP contribution < -0.4 is 0 Å². The SMILES string of the molecule is O=C(c1cccnc1)c1ccc(C(F)(F)F)cc1Br. The standard InChI is InChI=1S/C13H7BrF3NO/c14-11-6-9(13(15,16)17)3-4-10(11)12(19)8-2-1-5-18-7-8/h1-7H. The van der Waals surface area contributed by atoms with Crippen molar-refractivity contribution >= 4 is 21.7 Å². The second-order valence-electron chi connectivity index (χ2n) is 3.76. The first-order valence-electron chi connectivity index (χ1n) is 5.21. The van der Waals surface area contributed by atoms with Crippen molar-refractivity contribution in [3.63, 3.8) is 0 Å². The van der Waals surface area contributed by atoms with Gasteiger partial charge in [-0.2, -0.15) is 13.2 Å². The maximum absolute atomic E-state index is 12.5. The molecule has 0 spiro atoms. The summed E-state index contributed by atoms with van der Waals surface area (Å²) in [4.78, 5) is 15.9. The molecule has 2 nitrogen and oxygen atoms in total. The van der Waals surface area contributed by atoms with Gasteiger partial charge < -0.3 is 0 Å². The van der Waals surface area contributed by atoms with Crippen LogP contribution in [0.3, 0.4) is 0 Å².